The van der Waals surface area contributed by atoms with E-state index in [2.05, 4.69) is 5.32 Å². The predicted molar refractivity (Wildman–Crippen MR) is 77.8 cm³/mol. The van der Waals surface area contributed by atoms with Crippen LogP contribution in [0, 0.1) is 17.0 Å². The van der Waals surface area contributed by atoms with Gasteiger partial charge in [0.05, 0.1) is 0 Å². The third kappa shape index (κ3) is 3.61. The zero-order chi connectivity index (χ0) is 16.3. The maximum Gasteiger partial charge on any atom is 0.226 e. The summed E-state index contributed by atoms with van der Waals surface area (Å²) in [4.78, 5) is 25.4. The van der Waals surface area contributed by atoms with Crippen LogP contribution in [0.5, 0.6) is 0 Å². The van der Waals surface area contributed by atoms with E-state index in [-0.39, 0.29) is 23.9 Å². The highest BCUT2D eigenvalue weighted by Crippen LogP contribution is 2.31. The average molecular weight is 310 g/mol. The molecule has 4 nitrogen and oxygen atoms in total. The number of hydrogen-bond donors (Lipinski definition) is 1. The first-order valence-electron chi connectivity index (χ1n) is 7.29. The molecule has 22 heavy (non-hydrogen) atoms. The number of halogens is 2. The molecule has 0 aliphatic carbocycles. The lowest BCUT2D eigenvalue weighted by Gasteiger charge is -2.37. The van der Waals surface area contributed by atoms with E-state index in [0.29, 0.717) is 25.9 Å². The minimum atomic E-state index is -0.670. The standard InChI is InChI=1S/C16H20F2N2O2/c1-11(21)20-7-5-16(2,6-8-20)15(22)19-10-12-3-4-13(17)9-14(12)18/h3-4,9H,5-8,10H2,1-2H3,(H,19,22). The Morgan fingerprint density at radius 3 is 2.45 bits per heavy atom. The first kappa shape index (κ1) is 16.4. The SMILES string of the molecule is CC(=O)N1CCC(C)(C(=O)NCc2ccc(F)cc2F)CC1. The fraction of sp³-hybridized carbons (Fsp3) is 0.500. The molecule has 0 unspecified atom stereocenters. The molecule has 1 fully saturated rings. The van der Waals surface area contributed by atoms with Gasteiger partial charge in [-0.3, -0.25) is 9.59 Å². The molecule has 0 aromatic heterocycles. The third-order valence-corrected chi connectivity index (χ3v) is 4.32. The average Bonchev–Trinajstić information content (AvgIpc) is 2.46. The van der Waals surface area contributed by atoms with E-state index in [1.165, 1.54) is 13.0 Å². The van der Waals surface area contributed by atoms with Crippen LogP contribution in [0.25, 0.3) is 0 Å². The molecule has 0 radical (unpaired) electrons. The Morgan fingerprint density at radius 1 is 1.27 bits per heavy atom. The van der Waals surface area contributed by atoms with Crippen LogP contribution in [0.3, 0.4) is 0 Å². The van der Waals surface area contributed by atoms with Crippen molar-refractivity contribution in [3.63, 3.8) is 0 Å². The number of likely N-dealkylation sites (tertiary alicyclic amines) is 1. The fourth-order valence-electron chi connectivity index (χ4n) is 2.60. The van der Waals surface area contributed by atoms with Gasteiger partial charge in [-0.15, -0.1) is 0 Å². The Kier molecular flexibility index (Phi) is 4.78. The van der Waals surface area contributed by atoms with Crippen LogP contribution in [-0.4, -0.2) is 29.8 Å². The molecule has 120 valence electrons. The number of nitrogens with zero attached hydrogens (tertiary/aromatic N) is 1. The minimum absolute atomic E-state index is 0.0100. The molecular weight excluding hydrogens is 290 g/mol. The van der Waals surface area contributed by atoms with Gasteiger partial charge in [0.25, 0.3) is 0 Å². The number of hydrogen-bond acceptors (Lipinski definition) is 2. The van der Waals surface area contributed by atoms with Crippen LogP contribution in [0.1, 0.15) is 32.3 Å². The molecule has 1 N–H and O–H groups in total. The summed E-state index contributed by atoms with van der Waals surface area (Å²) >= 11 is 0. The highest BCUT2D eigenvalue weighted by atomic mass is 19.1. The van der Waals surface area contributed by atoms with Crippen LogP contribution in [0.15, 0.2) is 18.2 Å². The Bertz CT molecular complexity index is 582. The van der Waals surface area contributed by atoms with E-state index in [1.807, 2.05) is 6.92 Å². The first-order valence-corrected chi connectivity index (χ1v) is 7.29. The summed E-state index contributed by atoms with van der Waals surface area (Å²) in [6, 6.07) is 3.29. The molecule has 1 aromatic carbocycles. The van der Waals surface area contributed by atoms with E-state index in [9.17, 15) is 18.4 Å². The highest BCUT2D eigenvalue weighted by molar-refractivity contribution is 5.82. The number of nitrogens with one attached hydrogen (secondary N) is 1. The zero-order valence-corrected chi connectivity index (χ0v) is 12.8. The summed E-state index contributed by atoms with van der Waals surface area (Å²) in [5.74, 6) is -1.47. The molecular formula is C16H20F2N2O2. The van der Waals surface area contributed by atoms with Gasteiger partial charge in [0.1, 0.15) is 11.6 Å². The molecule has 1 aliphatic rings. The maximum absolute atomic E-state index is 13.5. The molecule has 1 aliphatic heterocycles. The van der Waals surface area contributed by atoms with Crippen LogP contribution in [0.4, 0.5) is 8.78 Å². The summed E-state index contributed by atoms with van der Waals surface area (Å²) in [5.41, 5.74) is -0.317. The van der Waals surface area contributed by atoms with Crippen LogP contribution >= 0.6 is 0 Å². The van der Waals surface area contributed by atoms with Gasteiger partial charge in [-0.1, -0.05) is 13.0 Å². The largest absolute Gasteiger partial charge is 0.351 e. The molecule has 1 saturated heterocycles. The number of amides is 2. The van der Waals surface area contributed by atoms with E-state index >= 15 is 0 Å². The lowest BCUT2D eigenvalue weighted by molar-refractivity contribution is -0.138. The van der Waals surface area contributed by atoms with Crippen LogP contribution in [-0.2, 0) is 16.1 Å². The summed E-state index contributed by atoms with van der Waals surface area (Å²) in [6.07, 6.45) is 1.15. The van der Waals surface area contributed by atoms with Gasteiger partial charge < -0.3 is 10.2 Å². The number of rotatable bonds is 3. The zero-order valence-electron chi connectivity index (χ0n) is 12.8. The third-order valence-electron chi connectivity index (χ3n) is 4.32. The Morgan fingerprint density at radius 2 is 1.91 bits per heavy atom. The first-order chi connectivity index (χ1) is 10.3. The lowest BCUT2D eigenvalue weighted by Crippen LogP contribution is -2.48. The van der Waals surface area contributed by atoms with Crippen molar-refractivity contribution in [1.29, 1.82) is 0 Å². The maximum atomic E-state index is 13.5. The summed E-state index contributed by atoms with van der Waals surface area (Å²) < 4.78 is 26.4. The molecule has 0 spiro atoms. The van der Waals surface area contributed by atoms with Crippen LogP contribution in [0.2, 0.25) is 0 Å². The van der Waals surface area contributed by atoms with E-state index < -0.39 is 17.0 Å². The van der Waals surface area contributed by atoms with Gasteiger partial charge in [-0.25, -0.2) is 8.78 Å². The number of carbonyl (C=O) groups excluding carboxylic acids is 2. The van der Waals surface area contributed by atoms with Gasteiger partial charge in [-0.05, 0) is 18.9 Å². The van der Waals surface area contributed by atoms with Crippen molar-refractivity contribution in [2.45, 2.75) is 33.2 Å². The van der Waals surface area contributed by atoms with Gasteiger partial charge in [0.2, 0.25) is 11.8 Å². The molecule has 0 saturated carbocycles. The van der Waals surface area contributed by atoms with Gasteiger partial charge in [-0.2, -0.15) is 0 Å². The summed E-state index contributed by atoms with van der Waals surface area (Å²) in [5, 5.41) is 2.71. The van der Waals surface area contributed by atoms with Gasteiger partial charge >= 0.3 is 0 Å². The molecule has 1 heterocycles. The van der Waals surface area contributed by atoms with Crippen molar-refractivity contribution < 1.29 is 18.4 Å². The number of carbonyl (C=O) groups is 2. The van der Waals surface area contributed by atoms with Gasteiger partial charge in [0.15, 0.2) is 0 Å². The Hall–Kier alpha value is -1.98. The second-order valence-corrected chi connectivity index (χ2v) is 5.99. The Balaban J connectivity index is 1.93. The molecule has 6 heteroatoms. The molecule has 2 amide bonds. The monoisotopic (exact) mass is 310 g/mol. The number of benzene rings is 1. The minimum Gasteiger partial charge on any atom is -0.351 e. The second kappa shape index (κ2) is 6.42. The predicted octanol–water partition coefficient (Wildman–Crippen LogP) is 2.23. The summed E-state index contributed by atoms with van der Waals surface area (Å²) in [7, 11) is 0. The van der Waals surface area contributed by atoms with Crippen molar-refractivity contribution >= 4 is 11.8 Å². The number of piperidine rings is 1. The normalized spacial score (nSPS) is 17.2. The second-order valence-electron chi connectivity index (χ2n) is 5.99. The van der Waals surface area contributed by atoms with Crippen molar-refractivity contribution in [3.8, 4) is 0 Å². The topological polar surface area (TPSA) is 49.4 Å². The van der Waals surface area contributed by atoms with Crippen molar-refractivity contribution in [3.05, 3.63) is 35.4 Å². The Labute approximate surface area is 128 Å². The van der Waals surface area contributed by atoms with Crippen LogP contribution < -0.4 is 5.32 Å². The lowest BCUT2D eigenvalue weighted by atomic mass is 9.79. The molecule has 0 bridgehead atoms. The quantitative estimate of drug-likeness (QED) is 0.931. The van der Waals surface area contributed by atoms with E-state index in [1.54, 1.807) is 4.90 Å². The fourth-order valence-corrected chi connectivity index (χ4v) is 2.60. The van der Waals surface area contributed by atoms with E-state index in [4.69, 9.17) is 0 Å². The summed E-state index contributed by atoms with van der Waals surface area (Å²) in [6.45, 7) is 4.48. The molecule has 2 rings (SSSR count). The van der Waals surface area contributed by atoms with Gasteiger partial charge in [0, 0.05) is 43.6 Å². The van der Waals surface area contributed by atoms with Crippen molar-refractivity contribution in [2.75, 3.05) is 13.1 Å². The molecule has 1 aromatic rings. The van der Waals surface area contributed by atoms with Crippen molar-refractivity contribution in [2.24, 2.45) is 5.41 Å². The smallest absolute Gasteiger partial charge is 0.226 e. The van der Waals surface area contributed by atoms with Crippen molar-refractivity contribution in [1.82, 2.24) is 10.2 Å². The highest BCUT2D eigenvalue weighted by Gasteiger charge is 2.37. The molecule has 0 atom stereocenters. The van der Waals surface area contributed by atoms with E-state index in [0.717, 1.165) is 12.1 Å².